The number of alkyl halides is 3. The smallest absolute Gasteiger partial charge is 0.416 e. The summed E-state index contributed by atoms with van der Waals surface area (Å²) in [6, 6.07) is 11.7. The molecule has 0 aliphatic rings. The highest BCUT2D eigenvalue weighted by atomic mass is 19.4. The number of halogens is 3. The first-order chi connectivity index (χ1) is 10.4. The number of ether oxygens (including phenoxy) is 1. The van der Waals surface area contributed by atoms with Gasteiger partial charge in [-0.2, -0.15) is 13.2 Å². The van der Waals surface area contributed by atoms with E-state index in [2.05, 4.69) is 10.1 Å². The maximum absolute atomic E-state index is 12.6. The molecule has 0 bridgehead atoms. The molecule has 0 spiro atoms. The Morgan fingerprint density at radius 3 is 2.55 bits per heavy atom. The number of carbonyl (C=O) groups is 1. The molecule has 0 saturated carbocycles. The molecule has 0 aromatic heterocycles. The first kappa shape index (κ1) is 15.9. The summed E-state index contributed by atoms with van der Waals surface area (Å²) in [5.41, 5.74) is 0.810. The van der Waals surface area contributed by atoms with Crippen molar-refractivity contribution in [1.29, 1.82) is 0 Å². The number of carbonyl (C=O) groups excluding carboxylic acids is 1. The topological polar surface area (TPSA) is 38.3 Å². The highest BCUT2D eigenvalue weighted by Gasteiger charge is 2.30. The van der Waals surface area contributed by atoms with Gasteiger partial charge in [0.25, 0.3) is 0 Å². The molecule has 22 heavy (non-hydrogen) atoms. The summed E-state index contributed by atoms with van der Waals surface area (Å²) >= 11 is 0. The molecule has 116 valence electrons. The predicted octanol–water partition coefficient (Wildman–Crippen LogP) is 4.10. The van der Waals surface area contributed by atoms with Crippen LogP contribution in [0.25, 0.3) is 0 Å². The van der Waals surface area contributed by atoms with E-state index in [9.17, 15) is 18.0 Å². The molecule has 0 atom stereocenters. The Bertz CT molecular complexity index is 668. The number of anilines is 1. The maximum Gasteiger partial charge on any atom is 0.416 e. The largest absolute Gasteiger partial charge is 0.465 e. The molecule has 6 heteroatoms. The predicted molar refractivity (Wildman–Crippen MR) is 76.6 cm³/mol. The normalized spacial score (nSPS) is 11.1. The van der Waals surface area contributed by atoms with Crippen LogP contribution in [0.5, 0.6) is 0 Å². The van der Waals surface area contributed by atoms with E-state index in [-0.39, 0.29) is 0 Å². The van der Waals surface area contributed by atoms with E-state index in [1.807, 2.05) is 0 Å². The number of hydrogen-bond donors (Lipinski definition) is 1. The fraction of sp³-hybridized carbons (Fsp3) is 0.188. The molecule has 1 N–H and O–H groups in total. The fourth-order valence-corrected chi connectivity index (χ4v) is 1.94. The second-order valence-electron chi connectivity index (χ2n) is 4.62. The number of rotatable bonds is 4. The van der Waals surface area contributed by atoms with Crippen molar-refractivity contribution in [2.45, 2.75) is 12.7 Å². The minimum Gasteiger partial charge on any atom is -0.465 e. The van der Waals surface area contributed by atoms with Crippen molar-refractivity contribution in [3.8, 4) is 0 Å². The van der Waals surface area contributed by atoms with Crippen LogP contribution in [0.15, 0.2) is 48.5 Å². The average Bonchev–Trinajstić information content (AvgIpc) is 2.52. The van der Waals surface area contributed by atoms with Crippen LogP contribution in [0.3, 0.4) is 0 Å². The van der Waals surface area contributed by atoms with Gasteiger partial charge in [-0.3, -0.25) is 0 Å². The summed E-state index contributed by atoms with van der Waals surface area (Å²) < 4.78 is 42.5. The lowest BCUT2D eigenvalue weighted by molar-refractivity contribution is -0.137. The van der Waals surface area contributed by atoms with Gasteiger partial charge in [0.05, 0.1) is 18.2 Å². The van der Waals surface area contributed by atoms with Gasteiger partial charge in [-0.1, -0.05) is 18.2 Å². The van der Waals surface area contributed by atoms with Gasteiger partial charge >= 0.3 is 12.1 Å². The van der Waals surface area contributed by atoms with Crippen LogP contribution in [0.2, 0.25) is 0 Å². The molecule has 0 fully saturated rings. The fourth-order valence-electron chi connectivity index (χ4n) is 1.94. The third-order valence-corrected chi connectivity index (χ3v) is 3.03. The van der Waals surface area contributed by atoms with Gasteiger partial charge in [0.15, 0.2) is 0 Å². The Hall–Kier alpha value is -2.50. The monoisotopic (exact) mass is 309 g/mol. The van der Waals surface area contributed by atoms with Crippen molar-refractivity contribution in [2.75, 3.05) is 12.4 Å². The van der Waals surface area contributed by atoms with Crippen molar-refractivity contribution in [3.63, 3.8) is 0 Å². The highest BCUT2D eigenvalue weighted by molar-refractivity contribution is 5.89. The van der Waals surface area contributed by atoms with Crippen LogP contribution < -0.4 is 5.32 Å². The molecule has 2 rings (SSSR count). The summed E-state index contributed by atoms with van der Waals surface area (Å²) in [6.45, 7) is 0.298. The molecule has 0 unspecified atom stereocenters. The Kier molecular flexibility index (Phi) is 4.70. The Labute approximate surface area is 125 Å². The van der Waals surface area contributed by atoms with Crippen LogP contribution in [0, 0.1) is 0 Å². The zero-order valence-corrected chi connectivity index (χ0v) is 11.8. The lowest BCUT2D eigenvalue weighted by atomic mass is 10.1. The van der Waals surface area contributed by atoms with E-state index in [1.54, 1.807) is 30.3 Å². The van der Waals surface area contributed by atoms with E-state index >= 15 is 0 Å². The van der Waals surface area contributed by atoms with Crippen LogP contribution in [0.4, 0.5) is 18.9 Å². The van der Waals surface area contributed by atoms with Crippen LogP contribution in [-0.2, 0) is 17.5 Å². The maximum atomic E-state index is 12.6. The molecule has 0 aliphatic carbocycles. The minimum absolute atomic E-state index is 0.298. The van der Waals surface area contributed by atoms with Gasteiger partial charge in [0.1, 0.15) is 0 Å². The third kappa shape index (κ3) is 4.00. The average molecular weight is 309 g/mol. The molecular weight excluding hydrogens is 295 g/mol. The van der Waals surface area contributed by atoms with Gasteiger partial charge in [-0.05, 0) is 35.9 Å². The third-order valence-electron chi connectivity index (χ3n) is 3.03. The zero-order chi connectivity index (χ0) is 16.2. The molecule has 2 aromatic rings. The zero-order valence-electron chi connectivity index (χ0n) is 11.8. The first-order valence-electron chi connectivity index (χ1n) is 6.48. The number of methoxy groups -OCH3 is 1. The molecule has 0 aliphatic heterocycles. The summed E-state index contributed by atoms with van der Waals surface area (Å²) in [5.74, 6) is -0.457. The second kappa shape index (κ2) is 6.51. The lowest BCUT2D eigenvalue weighted by Crippen LogP contribution is -2.07. The SMILES string of the molecule is COC(=O)c1cccc(CNc2cccc(C(F)(F)F)c2)c1. The summed E-state index contributed by atoms with van der Waals surface area (Å²) in [5, 5.41) is 2.91. The number of esters is 1. The molecular formula is C16H14F3NO2. The van der Waals surface area contributed by atoms with Crippen LogP contribution in [0.1, 0.15) is 21.5 Å². The van der Waals surface area contributed by atoms with Gasteiger partial charge in [0, 0.05) is 12.2 Å². The first-order valence-corrected chi connectivity index (χ1v) is 6.48. The summed E-state index contributed by atoms with van der Waals surface area (Å²) in [4.78, 5) is 11.4. The Morgan fingerprint density at radius 1 is 1.14 bits per heavy atom. The molecule has 0 saturated heterocycles. The van der Waals surface area contributed by atoms with Crippen molar-refractivity contribution in [2.24, 2.45) is 0 Å². The van der Waals surface area contributed by atoms with E-state index in [0.29, 0.717) is 17.8 Å². The standard InChI is InChI=1S/C16H14F3NO2/c1-22-15(21)12-5-2-4-11(8-12)10-20-14-7-3-6-13(9-14)16(17,18)19/h2-9,20H,10H2,1H3. The Balaban J connectivity index is 2.09. The second-order valence-corrected chi connectivity index (χ2v) is 4.62. The van der Waals surface area contributed by atoms with E-state index in [0.717, 1.165) is 17.7 Å². The van der Waals surface area contributed by atoms with Gasteiger partial charge < -0.3 is 10.1 Å². The van der Waals surface area contributed by atoms with Gasteiger partial charge in [0.2, 0.25) is 0 Å². The minimum atomic E-state index is -4.37. The van der Waals surface area contributed by atoms with Crippen LogP contribution >= 0.6 is 0 Å². The summed E-state index contributed by atoms with van der Waals surface area (Å²) in [6.07, 6.45) is -4.37. The van der Waals surface area contributed by atoms with Gasteiger partial charge in [-0.25, -0.2) is 4.79 Å². The molecule has 0 heterocycles. The van der Waals surface area contributed by atoms with E-state index < -0.39 is 17.7 Å². The molecule has 0 radical (unpaired) electrons. The summed E-state index contributed by atoms with van der Waals surface area (Å²) in [7, 11) is 1.29. The number of hydrogen-bond acceptors (Lipinski definition) is 3. The lowest BCUT2D eigenvalue weighted by Gasteiger charge is -2.11. The molecule has 2 aromatic carbocycles. The molecule has 3 nitrogen and oxygen atoms in total. The molecule has 0 amide bonds. The van der Waals surface area contributed by atoms with E-state index in [4.69, 9.17) is 0 Å². The van der Waals surface area contributed by atoms with E-state index in [1.165, 1.54) is 13.2 Å². The quantitative estimate of drug-likeness (QED) is 0.864. The van der Waals surface area contributed by atoms with Crippen molar-refractivity contribution in [1.82, 2.24) is 0 Å². The van der Waals surface area contributed by atoms with Crippen molar-refractivity contribution in [3.05, 3.63) is 65.2 Å². The highest BCUT2D eigenvalue weighted by Crippen LogP contribution is 2.30. The number of benzene rings is 2. The number of nitrogens with one attached hydrogen (secondary N) is 1. The van der Waals surface area contributed by atoms with Gasteiger partial charge in [-0.15, -0.1) is 0 Å². The van der Waals surface area contributed by atoms with Crippen molar-refractivity contribution >= 4 is 11.7 Å². The Morgan fingerprint density at radius 2 is 1.86 bits per heavy atom. The van der Waals surface area contributed by atoms with Crippen LogP contribution in [-0.4, -0.2) is 13.1 Å². The van der Waals surface area contributed by atoms with Crippen molar-refractivity contribution < 1.29 is 22.7 Å².